The Hall–Kier alpha value is -0.930. The SMILES string of the molecule is Nc1c(Cl)cccc1NCCOCC1CC1. The molecule has 4 heteroatoms. The third kappa shape index (κ3) is 3.29. The molecule has 0 bridgehead atoms. The lowest BCUT2D eigenvalue weighted by Crippen LogP contribution is -2.11. The predicted molar refractivity (Wildman–Crippen MR) is 67.9 cm³/mol. The summed E-state index contributed by atoms with van der Waals surface area (Å²) in [5.41, 5.74) is 7.30. The molecule has 0 atom stereocenters. The first-order valence-corrected chi connectivity index (χ1v) is 6.01. The number of nitrogens with one attached hydrogen (secondary N) is 1. The van der Waals surface area contributed by atoms with Crippen molar-refractivity contribution in [3.63, 3.8) is 0 Å². The number of anilines is 2. The Labute approximate surface area is 101 Å². The van der Waals surface area contributed by atoms with Crippen molar-refractivity contribution in [2.24, 2.45) is 5.92 Å². The van der Waals surface area contributed by atoms with Gasteiger partial charge < -0.3 is 15.8 Å². The average molecular weight is 241 g/mol. The van der Waals surface area contributed by atoms with Crippen LogP contribution in [0.3, 0.4) is 0 Å². The van der Waals surface area contributed by atoms with Crippen LogP contribution in [0.4, 0.5) is 11.4 Å². The van der Waals surface area contributed by atoms with Gasteiger partial charge in [0.25, 0.3) is 0 Å². The molecule has 0 aliphatic heterocycles. The van der Waals surface area contributed by atoms with E-state index < -0.39 is 0 Å². The second-order valence-corrected chi connectivity index (χ2v) is 4.55. The van der Waals surface area contributed by atoms with Crippen molar-refractivity contribution in [3.8, 4) is 0 Å². The van der Waals surface area contributed by atoms with Gasteiger partial charge in [0.15, 0.2) is 0 Å². The number of hydrogen-bond donors (Lipinski definition) is 2. The molecule has 2 rings (SSSR count). The van der Waals surface area contributed by atoms with E-state index in [1.54, 1.807) is 6.07 Å². The molecule has 1 fully saturated rings. The molecule has 1 aromatic carbocycles. The summed E-state index contributed by atoms with van der Waals surface area (Å²) in [6.07, 6.45) is 2.66. The summed E-state index contributed by atoms with van der Waals surface area (Å²) < 4.78 is 5.51. The van der Waals surface area contributed by atoms with Gasteiger partial charge in [0.1, 0.15) is 0 Å². The van der Waals surface area contributed by atoms with Crippen LogP contribution < -0.4 is 11.1 Å². The first-order chi connectivity index (χ1) is 7.77. The summed E-state index contributed by atoms with van der Waals surface area (Å²) in [5, 5.41) is 3.80. The maximum absolute atomic E-state index is 5.91. The van der Waals surface area contributed by atoms with Gasteiger partial charge in [0.2, 0.25) is 0 Å². The molecule has 88 valence electrons. The minimum Gasteiger partial charge on any atom is -0.396 e. The van der Waals surface area contributed by atoms with Crippen molar-refractivity contribution in [2.75, 3.05) is 30.8 Å². The topological polar surface area (TPSA) is 47.3 Å². The van der Waals surface area contributed by atoms with Crippen LogP contribution in [0.5, 0.6) is 0 Å². The second kappa shape index (κ2) is 5.41. The number of nitrogens with two attached hydrogens (primary N) is 1. The lowest BCUT2D eigenvalue weighted by atomic mass is 10.2. The van der Waals surface area contributed by atoms with Gasteiger partial charge in [0.05, 0.1) is 23.0 Å². The zero-order valence-electron chi connectivity index (χ0n) is 9.21. The van der Waals surface area contributed by atoms with Crippen LogP contribution in [0, 0.1) is 5.92 Å². The van der Waals surface area contributed by atoms with Crippen molar-refractivity contribution < 1.29 is 4.74 Å². The monoisotopic (exact) mass is 240 g/mol. The summed E-state index contributed by atoms with van der Waals surface area (Å²) in [7, 11) is 0. The van der Waals surface area contributed by atoms with E-state index in [9.17, 15) is 0 Å². The van der Waals surface area contributed by atoms with E-state index in [2.05, 4.69) is 5.32 Å². The predicted octanol–water partition coefficient (Wildman–Crippen LogP) is 2.76. The van der Waals surface area contributed by atoms with E-state index in [1.807, 2.05) is 12.1 Å². The van der Waals surface area contributed by atoms with Gasteiger partial charge in [0, 0.05) is 13.2 Å². The molecule has 1 aliphatic rings. The molecule has 0 unspecified atom stereocenters. The highest BCUT2D eigenvalue weighted by molar-refractivity contribution is 6.33. The molecule has 3 N–H and O–H groups in total. The van der Waals surface area contributed by atoms with Crippen molar-refractivity contribution in [2.45, 2.75) is 12.8 Å². The van der Waals surface area contributed by atoms with Crippen LogP contribution in [0.15, 0.2) is 18.2 Å². The van der Waals surface area contributed by atoms with E-state index >= 15 is 0 Å². The molecule has 0 saturated heterocycles. The van der Waals surface area contributed by atoms with Crippen LogP contribution in [0.1, 0.15) is 12.8 Å². The molecule has 0 aromatic heterocycles. The minimum atomic E-state index is 0.587. The maximum Gasteiger partial charge on any atom is 0.0739 e. The maximum atomic E-state index is 5.91. The van der Waals surface area contributed by atoms with Crippen molar-refractivity contribution in [1.82, 2.24) is 0 Å². The fourth-order valence-corrected chi connectivity index (χ4v) is 1.66. The summed E-state index contributed by atoms with van der Waals surface area (Å²) in [6.45, 7) is 2.37. The normalized spacial score (nSPS) is 15.1. The Morgan fingerprint density at radius 3 is 3.00 bits per heavy atom. The number of benzene rings is 1. The highest BCUT2D eigenvalue weighted by atomic mass is 35.5. The smallest absolute Gasteiger partial charge is 0.0739 e. The Kier molecular flexibility index (Phi) is 3.91. The van der Waals surface area contributed by atoms with Crippen LogP contribution in [-0.2, 0) is 4.74 Å². The van der Waals surface area contributed by atoms with E-state index in [0.29, 0.717) is 17.3 Å². The fourth-order valence-electron chi connectivity index (χ4n) is 1.48. The molecule has 0 amide bonds. The van der Waals surface area contributed by atoms with Crippen molar-refractivity contribution in [1.29, 1.82) is 0 Å². The molecule has 0 radical (unpaired) electrons. The van der Waals surface area contributed by atoms with Crippen molar-refractivity contribution >= 4 is 23.0 Å². The molecular weight excluding hydrogens is 224 g/mol. The van der Waals surface area contributed by atoms with Crippen LogP contribution >= 0.6 is 11.6 Å². The number of ether oxygens (including phenoxy) is 1. The minimum absolute atomic E-state index is 0.587. The number of rotatable bonds is 6. The second-order valence-electron chi connectivity index (χ2n) is 4.15. The van der Waals surface area contributed by atoms with Gasteiger partial charge >= 0.3 is 0 Å². The van der Waals surface area contributed by atoms with E-state index in [4.69, 9.17) is 22.1 Å². The molecule has 1 aromatic rings. The fraction of sp³-hybridized carbons (Fsp3) is 0.500. The number of para-hydroxylation sites is 1. The third-order valence-electron chi connectivity index (χ3n) is 2.67. The Balaban J connectivity index is 1.69. The number of hydrogen-bond acceptors (Lipinski definition) is 3. The Morgan fingerprint density at radius 1 is 1.44 bits per heavy atom. The standard InChI is InChI=1S/C12H17ClN2O/c13-10-2-1-3-11(12(10)14)15-6-7-16-8-9-4-5-9/h1-3,9,15H,4-8,14H2. The van der Waals surface area contributed by atoms with Crippen LogP contribution in [0.2, 0.25) is 5.02 Å². The van der Waals surface area contributed by atoms with E-state index in [-0.39, 0.29) is 0 Å². The molecule has 0 heterocycles. The van der Waals surface area contributed by atoms with Gasteiger partial charge in [-0.25, -0.2) is 0 Å². The third-order valence-corrected chi connectivity index (χ3v) is 2.99. The number of nitrogen functional groups attached to an aromatic ring is 1. The molecular formula is C12H17ClN2O. The summed E-state index contributed by atoms with van der Waals surface area (Å²) >= 11 is 5.91. The Morgan fingerprint density at radius 2 is 2.25 bits per heavy atom. The lowest BCUT2D eigenvalue weighted by molar-refractivity contribution is 0.134. The van der Waals surface area contributed by atoms with Crippen LogP contribution in [-0.4, -0.2) is 19.8 Å². The lowest BCUT2D eigenvalue weighted by Gasteiger charge is -2.10. The summed E-state index contributed by atoms with van der Waals surface area (Å²) in [5.74, 6) is 0.816. The summed E-state index contributed by atoms with van der Waals surface area (Å²) in [4.78, 5) is 0. The van der Waals surface area contributed by atoms with Crippen LogP contribution in [0.25, 0.3) is 0 Å². The van der Waals surface area contributed by atoms with Gasteiger partial charge in [-0.3, -0.25) is 0 Å². The van der Waals surface area contributed by atoms with E-state index in [0.717, 1.165) is 24.8 Å². The molecule has 16 heavy (non-hydrogen) atoms. The van der Waals surface area contributed by atoms with Gasteiger partial charge in [-0.05, 0) is 30.9 Å². The molecule has 1 aliphatic carbocycles. The molecule has 3 nitrogen and oxygen atoms in total. The van der Waals surface area contributed by atoms with Crippen molar-refractivity contribution in [3.05, 3.63) is 23.2 Å². The summed E-state index contributed by atoms with van der Waals surface area (Å²) in [6, 6.07) is 5.58. The molecule has 0 spiro atoms. The quantitative estimate of drug-likeness (QED) is 0.594. The Bertz CT molecular complexity index is 353. The zero-order valence-corrected chi connectivity index (χ0v) is 9.96. The van der Waals surface area contributed by atoms with Gasteiger partial charge in [-0.1, -0.05) is 17.7 Å². The highest BCUT2D eigenvalue weighted by Gasteiger charge is 2.20. The highest BCUT2D eigenvalue weighted by Crippen LogP contribution is 2.29. The first-order valence-electron chi connectivity index (χ1n) is 5.63. The zero-order chi connectivity index (χ0) is 11.4. The van der Waals surface area contributed by atoms with Gasteiger partial charge in [-0.15, -0.1) is 0 Å². The number of halogens is 1. The first kappa shape index (κ1) is 11.6. The molecule has 1 saturated carbocycles. The van der Waals surface area contributed by atoms with E-state index in [1.165, 1.54) is 12.8 Å². The average Bonchev–Trinajstić information content (AvgIpc) is 3.07. The largest absolute Gasteiger partial charge is 0.396 e. The van der Waals surface area contributed by atoms with Gasteiger partial charge in [-0.2, -0.15) is 0 Å².